The zero-order valence-electron chi connectivity index (χ0n) is 10.5. The molecule has 1 amide bonds. The lowest BCUT2D eigenvalue weighted by Crippen LogP contribution is -2.33. The van der Waals surface area contributed by atoms with Crippen molar-refractivity contribution < 1.29 is 9.53 Å². The molecule has 2 N–H and O–H groups in total. The van der Waals surface area contributed by atoms with E-state index in [1.807, 2.05) is 0 Å². The van der Waals surface area contributed by atoms with E-state index in [9.17, 15) is 4.79 Å². The van der Waals surface area contributed by atoms with Gasteiger partial charge in [0.1, 0.15) is 0 Å². The quantitative estimate of drug-likeness (QED) is 0.724. The SMILES string of the molecule is COCCNCCNC(=O)c1ccc(Cl)c(Br)c1.Cl. The first-order valence-corrected chi connectivity index (χ1v) is 6.75. The number of methoxy groups -OCH3 is 1. The summed E-state index contributed by atoms with van der Waals surface area (Å²) >= 11 is 9.15. The van der Waals surface area contributed by atoms with Crippen LogP contribution in [0.2, 0.25) is 5.02 Å². The van der Waals surface area contributed by atoms with Gasteiger partial charge in [0.05, 0.1) is 11.6 Å². The van der Waals surface area contributed by atoms with Crippen LogP contribution in [0.3, 0.4) is 0 Å². The maximum atomic E-state index is 11.8. The molecule has 0 aliphatic rings. The van der Waals surface area contributed by atoms with Crippen LogP contribution in [0.4, 0.5) is 0 Å². The van der Waals surface area contributed by atoms with Crippen molar-refractivity contribution in [1.82, 2.24) is 10.6 Å². The number of amides is 1. The summed E-state index contributed by atoms with van der Waals surface area (Å²) in [5, 5.41) is 6.55. The Morgan fingerprint density at radius 3 is 2.74 bits per heavy atom. The summed E-state index contributed by atoms with van der Waals surface area (Å²) in [5.41, 5.74) is 0.586. The fourth-order valence-electron chi connectivity index (χ4n) is 1.30. The highest BCUT2D eigenvalue weighted by Gasteiger charge is 2.06. The standard InChI is InChI=1S/C12H16BrClN2O2.ClH/c1-18-7-6-15-4-5-16-12(17)9-2-3-11(14)10(13)8-9;/h2-3,8,15H,4-7H2,1H3,(H,16,17);1H. The van der Waals surface area contributed by atoms with Gasteiger partial charge in [-0.3, -0.25) is 4.79 Å². The molecule has 0 radical (unpaired) electrons. The molecule has 0 unspecified atom stereocenters. The number of ether oxygens (including phenoxy) is 1. The van der Waals surface area contributed by atoms with E-state index in [0.29, 0.717) is 30.3 Å². The molecule has 4 nitrogen and oxygen atoms in total. The lowest BCUT2D eigenvalue weighted by Gasteiger charge is -2.07. The number of nitrogens with one attached hydrogen (secondary N) is 2. The number of carbonyl (C=O) groups excluding carboxylic acids is 1. The smallest absolute Gasteiger partial charge is 0.251 e. The Balaban J connectivity index is 0.00000324. The third kappa shape index (κ3) is 7.13. The highest BCUT2D eigenvalue weighted by molar-refractivity contribution is 9.10. The molecule has 0 aliphatic carbocycles. The van der Waals surface area contributed by atoms with E-state index in [2.05, 4.69) is 26.6 Å². The Bertz CT molecular complexity index is 405. The summed E-state index contributed by atoms with van der Waals surface area (Å²) in [5.74, 6) is -0.110. The summed E-state index contributed by atoms with van der Waals surface area (Å²) in [4.78, 5) is 11.8. The molecule has 0 aromatic heterocycles. The van der Waals surface area contributed by atoms with Crippen molar-refractivity contribution in [1.29, 1.82) is 0 Å². The zero-order chi connectivity index (χ0) is 13.4. The Morgan fingerprint density at radius 1 is 1.37 bits per heavy atom. The van der Waals surface area contributed by atoms with Gasteiger partial charge in [-0.05, 0) is 34.1 Å². The predicted molar refractivity (Wildman–Crippen MR) is 83.5 cm³/mol. The fraction of sp³-hybridized carbons (Fsp3) is 0.417. The van der Waals surface area contributed by atoms with Crippen molar-refractivity contribution in [3.8, 4) is 0 Å². The molecule has 1 rings (SSSR count). The number of carbonyl (C=O) groups is 1. The topological polar surface area (TPSA) is 50.4 Å². The number of benzene rings is 1. The maximum absolute atomic E-state index is 11.8. The minimum absolute atomic E-state index is 0. The van der Waals surface area contributed by atoms with Gasteiger partial charge in [-0.15, -0.1) is 12.4 Å². The zero-order valence-corrected chi connectivity index (χ0v) is 13.7. The van der Waals surface area contributed by atoms with Gasteiger partial charge in [-0.1, -0.05) is 11.6 Å². The van der Waals surface area contributed by atoms with Crippen molar-refractivity contribution in [2.75, 3.05) is 33.4 Å². The molecule has 19 heavy (non-hydrogen) atoms. The molecule has 1 aromatic rings. The number of hydrogen-bond acceptors (Lipinski definition) is 3. The van der Waals surface area contributed by atoms with E-state index in [1.54, 1.807) is 25.3 Å². The fourth-order valence-corrected chi connectivity index (χ4v) is 1.80. The van der Waals surface area contributed by atoms with E-state index < -0.39 is 0 Å². The largest absolute Gasteiger partial charge is 0.383 e. The van der Waals surface area contributed by atoms with Crippen LogP contribution in [-0.2, 0) is 4.74 Å². The van der Waals surface area contributed by atoms with Gasteiger partial charge >= 0.3 is 0 Å². The van der Waals surface area contributed by atoms with Gasteiger partial charge in [-0.2, -0.15) is 0 Å². The minimum atomic E-state index is -0.110. The molecule has 0 heterocycles. The number of rotatable bonds is 7. The molecule has 0 atom stereocenters. The van der Waals surface area contributed by atoms with Crippen molar-refractivity contribution in [3.05, 3.63) is 33.3 Å². The Labute approximate surface area is 132 Å². The Kier molecular flexibility index (Phi) is 10.3. The van der Waals surface area contributed by atoms with Crippen LogP contribution in [0.25, 0.3) is 0 Å². The lowest BCUT2D eigenvalue weighted by atomic mass is 10.2. The Hall–Kier alpha value is -0.330. The first-order chi connectivity index (χ1) is 8.65. The first-order valence-electron chi connectivity index (χ1n) is 5.58. The van der Waals surface area contributed by atoms with Gasteiger partial charge in [0.2, 0.25) is 0 Å². The average Bonchev–Trinajstić information content (AvgIpc) is 2.36. The second-order valence-corrected chi connectivity index (χ2v) is 4.89. The van der Waals surface area contributed by atoms with Crippen LogP contribution in [0, 0.1) is 0 Å². The average molecular weight is 372 g/mol. The predicted octanol–water partition coefficient (Wildman–Crippen LogP) is 2.49. The van der Waals surface area contributed by atoms with Crippen molar-refractivity contribution in [2.45, 2.75) is 0 Å². The van der Waals surface area contributed by atoms with Crippen LogP contribution in [0.15, 0.2) is 22.7 Å². The van der Waals surface area contributed by atoms with Gasteiger partial charge in [0.25, 0.3) is 5.91 Å². The van der Waals surface area contributed by atoms with Crippen molar-refractivity contribution in [2.24, 2.45) is 0 Å². The van der Waals surface area contributed by atoms with Gasteiger partial charge < -0.3 is 15.4 Å². The van der Waals surface area contributed by atoms with E-state index in [1.165, 1.54) is 0 Å². The summed E-state index contributed by atoms with van der Waals surface area (Å²) in [6.07, 6.45) is 0. The van der Waals surface area contributed by atoms with Crippen LogP contribution in [0.1, 0.15) is 10.4 Å². The third-order valence-electron chi connectivity index (χ3n) is 2.25. The van der Waals surface area contributed by atoms with E-state index in [4.69, 9.17) is 16.3 Å². The maximum Gasteiger partial charge on any atom is 0.251 e. The molecular weight excluding hydrogens is 355 g/mol. The second kappa shape index (κ2) is 10.5. The number of halogens is 3. The molecule has 0 saturated carbocycles. The first kappa shape index (κ1) is 18.7. The normalized spacial score (nSPS) is 9.84. The second-order valence-electron chi connectivity index (χ2n) is 3.63. The summed E-state index contributed by atoms with van der Waals surface area (Å²) in [6.45, 7) is 2.73. The molecule has 0 bridgehead atoms. The molecule has 0 aliphatic heterocycles. The summed E-state index contributed by atoms with van der Waals surface area (Å²) in [7, 11) is 1.65. The lowest BCUT2D eigenvalue weighted by molar-refractivity contribution is 0.0953. The minimum Gasteiger partial charge on any atom is -0.383 e. The van der Waals surface area contributed by atoms with Crippen LogP contribution in [-0.4, -0.2) is 39.3 Å². The van der Waals surface area contributed by atoms with E-state index >= 15 is 0 Å². The van der Waals surface area contributed by atoms with E-state index in [-0.39, 0.29) is 18.3 Å². The summed E-state index contributed by atoms with van der Waals surface area (Å²) < 4.78 is 5.61. The van der Waals surface area contributed by atoms with Crippen LogP contribution < -0.4 is 10.6 Å². The molecule has 0 spiro atoms. The molecule has 0 saturated heterocycles. The van der Waals surface area contributed by atoms with Gasteiger partial charge in [0, 0.05) is 36.8 Å². The molecule has 108 valence electrons. The third-order valence-corrected chi connectivity index (χ3v) is 3.47. The van der Waals surface area contributed by atoms with Gasteiger partial charge in [-0.25, -0.2) is 0 Å². The molecule has 0 fully saturated rings. The van der Waals surface area contributed by atoms with Crippen molar-refractivity contribution >= 4 is 45.8 Å². The Morgan fingerprint density at radius 2 is 2.11 bits per heavy atom. The summed E-state index contributed by atoms with van der Waals surface area (Å²) in [6, 6.07) is 5.09. The molecular formula is C12H17BrCl2N2O2. The molecule has 1 aromatic carbocycles. The molecule has 7 heteroatoms. The number of hydrogen-bond donors (Lipinski definition) is 2. The van der Waals surface area contributed by atoms with Crippen molar-refractivity contribution in [3.63, 3.8) is 0 Å². The van der Waals surface area contributed by atoms with Gasteiger partial charge in [0.15, 0.2) is 0 Å². The van der Waals surface area contributed by atoms with E-state index in [0.717, 1.165) is 11.0 Å². The van der Waals surface area contributed by atoms with Crippen LogP contribution >= 0.6 is 39.9 Å². The highest BCUT2D eigenvalue weighted by atomic mass is 79.9. The highest BCUT2D eigenvalue weighted by Crippen LogP contribution is 2.22. The monoisotopic (exact) mass is 370 g/mol. The van der Waals surface area contributed by atoms with Crippen LogP contribution in [0.5, 0.6) is 0 Å².